The van der Waals surface area contributed by atoms with Crippen molar-refractivity contribution in [3.05, 3.63) is 67.4 Å². The third-order valence-corrected chi connectivity index (χ3v) is 5.58. The van der Waals surface area contributed by atoms with E-state index >= 15 is 0 Å². The molecule has 7 nitrogen and oxygen atoms in total. The van der Waals surface area contributed by atoms with E-state index in [1.54, 1.807) is 6.20 Å². The standard InChI is InChI=1S/C24H24N6O/c1-25-24-12-17(11-23(29-24)22-4-2-3-7-27-22)18-10-19(14-26-13-18)20-15-28-30(16-20)21-5-8-31-9-6-21/h2-4,7,10-16,21H,5-6,8-9H2,1H3,(H,25,29). The first-order chi connectivity index (χ1) is 15.3. The zero-order valence-corrected chi connectivity index (χ0v) is 17.4. The van der Waals surface area contributed by atoms with E-state index in [-0.39, 0.29) is 0 Å². The van der Waals surface area contributed by atoms with E-state index in [4.69, 9.17) is 4.74 Å². The number of anilines is 1. The topological polar surface area (TPSA) is 77.8 Å². The van der Waals surface area contributed by atoms with Crippen LogP contribution >= 0.6 is 0 Å². The summed E-state index contributed by atoms with van der Waals surface area (Å²) in [5, 5.41) is 7.76. The maximum Gasteiger partial charge on any atom is 0.127 e. The lowest BCUT2D eigenvalue weighted by atomic mass is 10.0. The first-order valence-electron chi connectivity index (χ1n) is 10.5. The van der Waals surface area contributed by atoms with Crippen LogP contribution in [0.5, 0.6) is 0 Å². The zero-order chi connectivity index (χ0) is 21.0. The van der Waals surface area contributed by atoms with Crippen LogP contribution in [0.1, 0.15) is 18.9 Å². The molecule has 5 heterocycles. The third kappa shape index (κ3) is 4.18. The van der Waals surface area contributed by atoms with Crippen molar-refractivity contribution in [2.75, 3.05) is 25.6 Å². The monoisotopic (exact) mass is 412 g/mol. The van der Waals surface area contributed by atoms with E-state index in [0.29, 0.717) is 6.04 Å². The lowest BCUT2D eigenvalue weighted by Gasteiger charge is -2.22. The van der Waals surface area contributed by atoms with Crippen molar-refractivity contribution in [1.82, 2.24) is 24.7 Å². The molecular weight excluding hydrogens is 388 g/mol. The Morgan fingerprint density at radius 3 is 2.55 bits per heavy atom. The van der Waals surface area contributed by atoms with Gasteiger partial charge in [-0.05, 0) is 48.7 Å². The van der Waals surface area contributed by atoms with Crippen molar-refractivity contribution >= 4 is 5.82 Å². The van der Waals surface area contributed by atoms with Gasteiger partial charge in [-0.15, -0.1) is 0 Å². The second-order valence-corrected chi connectivity index (χ2v) is 7.61. The molecule has 31 heavy (non-hydrogen) atoms. The minimum atomic E-state index is 0.401. The molecule has 0 unspecified atom stereocenters. The number of nitrogens with one attached hydrogen (secondary N) is 1. The van der Waals surface area contributed by atoms with Gasteiger partial charge in [0.2, 0.25) is 0 Å². The molecule has 4 aromatic rings. The Balaban J connectivity index is 1.49. The van der Waals surface area contributed by atoms with E-state index < -0.39 is 0 Å². The molecular formula is C24H24N6O. The zero-order valence-electron chi connectivity index (χ0n) is 17.4. The summed E-state index contributed by atoms with van der Waals surface area (Å²) < 4.78 is 7.54. The Morgan fingerprint density at radius 2 is 1.77 bits per heavy atom. The summed E-state index contributed by atoms with van der Waals surface area (Å²) in [6.45, 7) is 1.59. The second-order valence-electron chi connectivity index (χ2n) is 7.61. The van der Waals surface area contributed by atoms with Crippen LogP contribution in [0.4, 0.5) is 5.82 Å². The molecule has 4 aromatic heterocycles. The number of rotatable bonds is 5. The smallest absolute Gasteiger partial charge is 0.127 e. The van der Waals surface area contributed by atoms with Crippen LogP contribution in [0.25, 0.3) is 33.6 Å². The summed E-state index contributed by atoms with van der Waals surface area (Å²) in [4.78, 5) is 13.6. The molecule has 156 valence electrons. The Kier molecular flexibility index (Phi) is 5.41. The van der Waals surface area contributed by atoms with Crippen molar-refractivity contribution in [2.24, 2.45) is 0 Å². The van der Waals surface area contributed by atoms with Crippen molar-refractivity contribution in [3.63, 3.8) is 0 Å². The number of aromatic nitrogens is 5. The molecule has 1 aliphatic rings. The minimum absolute atomic E-state index is 0.401. The van der Waals surface area contributed by atoms with Crippen molar-refractivity contribution in [2.45, 2.75) is 18.9 Å². The molecule has 0 bridgehead atoms. The molecule has 1 saturated heterocycles. The van der Waals surface area contributed by atoms with E-state index in [2.05, 4.69) is 48.4 Å². The van der Waals surface area contributed by atoms with Gasteiger partial charge in [-0.3, -0.25) is 14.6 Å². The summed E-state index contributed by atoms with van der Waals surface area (Å²) in [6, 6.07) is 12.5. The van der Waals surface area contributed by atoms with Gasteiger partial charge in [0.05, 0.1) is 23.6 Å². The Hall–Kier alpha value is -3.58. The molecule has 0 aliphatic carbocycles. The Labute approximate surface area is 181 Å². The normalized spacial score (nSPS) is 14.5. The Morgan fingerprint density at radius 1 is 0.935 bits per heavy atom. The molecule has 0 amide bonds. The van der Waals surface area contributed by atoms with Gasteiger partial charge in [0.15, 0.2) is 0 Å². The van der Waals surface area contributed by atoms with Crippen LogP contribution in [0.15, 0.2) is 67.4 Å². The predicted molar refractivity (Wildman–Crippen MR) is 121 cm³/mol. The number of pyridine rings is 3. The quantitative estimate of drug-likeness (QED) is 0.521. The van der Waals surface area contributed by atoms with Gasteiger partial charge in [-0.2, -0.15) is 5.10 Å². The van der Waals surface area contributed by atoms with Crippen LogP contribution < -0.4 is 5.32 Å². The van der Waals surface area contributed by atoms with Crippen molar-refractivity contribution in [1.29, 1.82) is 0 Å². The summed E-state index contributed by atoms with van der Waals surface area (Å²) >= 11 is 0. The van der Waals surface area contributed by atoms with Crippen LogP contribution in [0.3, 0.4) is 0 Å². The Bertz CT molecular complexity index is 1170. The summed E-state index contributed by atoms with van der Waals surface area (Å²) in [5.74, 6) is 0.788. The fourth-order valence-corrected chi connectivity index (χ4v) is 3.86. The first-order valence-corrected chi connectivity index (χ1v) is 10.5. The van der Waals surface area contributed by atoms with Gasteiger partial charge in [0.25, 0.3) is 0 Å². The molecule has 0 atom stereocenters. The van der Waals surface area contributed by atoms with Crippen LogP contribution in [0, 0.1) is 0 Å². The average molecular weight is 412 g/mol. The molecule has 0 spiro atoms. The van der Waals surface area contributed by atoms with E-state index in [1.165, 1.54) is 0 Å². The molecule has 1 N–H and O–H groups in total. The molecule has 5 rings (SSSR count). The van der Waals surface area contributed by atoms with Gasteiger partial charge >= 0.3 is 0 Å². The van der Waals surface area contributed by atoms with E-state index in [9.17, 15) is 0 Å². The molecule has 7 heteroatoms. The molecule has 1 fully saturated rings. The summed E-state index contributed by atoms with van der Waals surface area (Å²) in [7, 11) is 1.87. The summed E-state index contributed by atoms with van der Waals surface area (Å²) in [5.41, 5.74) is 5.81. The second kappa shape index (κ2) is 8.65. The lowest BCUT2D eigenvalue weighted by molar-refractivity contribution is 0.0662. The van der Waals surface area contributed by atoms with E-state index in [0.717, 1.165) is 65.5 Å². The third-order valence-electron chi connectivity index (χ3n) is 5.58. The van der Waals surface area contributed by atoms with Crippen molar-refractivity contribution in [3.8, 4) is 33.6 Å². The van der Waals surface area contributed by atoms with Crippen LogP contribution in [-0.4, -0.2) is 45.0 Å². The number of nitrogens with zero attached hydrogens (tertiary/aromatic N) is 5. The van der Waals surface area contributed by atoms with Gasteiger partial charge in [0.1, 0.15) is 5.82 Å². The van der Waals surface area contributed by atoms with Gasteiger partial charge in [0, 0.05) is 61.7 Å². The fraction of sp³-hybridized carbons (Fsp3) is 0.250. The summed E-state index contributed by atoms with van der Waals surface area (Å²) in [6.07, 6.45) is 11.6. The highest BCUT2D eigenvalue weighted by molar-refractivity contribution is 5.75. The van der Waals surface area contributed by atoms with Gasteiger partial charge < -0.3 is 10.1 Å². The van der Waals surface area contributed by atoms with E-state index in [1.807, 2.05) is 49.9 Å². The van der Waals surface area contributed by atoms with Gasteiger partial charge in [-0.1, -0.05) is 6.07 Å². The average Bonchev–Trinajstić information content (AvgIpc) is 3.35. The van der Waals surface area contributed by atoms with Crippen molar-refractivity contribution < 1.29 is 4.74 Å². The molecule has 1 aliphatic heterocycles. The largest absolute Gasteiger partial charge is 0.381 e. The number of ether oxygens (including phenoxy) is 1. The number of hydrogen-bond acceptors (Lipinski definition) is 6. The maximum atomic E-state index is 5.47. The fourth-order valence-electron chi connectivity index (χ4n) is 3.86. The molecule has 0 aromatic carbocycles. The highest BCUT2D eigenvalue weighted by atomic mass is 16.5. The van der Waals surface area contributed by atoms with Crippen LogP contribution in [-0.2, 0) is 4.74 Å². The molecule has 0 radical (unpaired) electrons. The lowest BCUT2D eigenvalue weighted by Crippen LogP contribution is -2.19. The molecule has 0 saturated carbocycles. The van der Waals surface area contributed by atoms with Crippen LogP contribution in [0.2, 0.25) is 0 Å². The minimum Gasteiger partial charge on any atom is -0.381 e. The number of hydrogen-bond donors (Lipinski definition) is 1. The highest BCUT2D eigenvalue weighted by Gasteiger charge is 2.17. The predicted octanol–water partition coefficient (Wildman–Crippen LogP) is 4.46. The van der Waals surface area contributed by atoms with Gasteiger partial charge in [-0.25, -0.2) is 4.98 Å². The maximum absolute atomic E-state index is 5.47. The first kappa shape index (κ1) is 19.4. The SMILES string of the molecule is CNc1cc(-c2cncc(-c3cnn(C4CCOCC4)c3)c2)cc(-c2ccccn2)n1. The highest BCUT2D eigenvalue weighted by Crippen LogP contribution is 2.30.